The summed E-state index contributed by atoms with van der Waals surface area (Å²) in [7, 11) is -3.57. The molecule has 0 spiro atoms. The van der Waals surface area contributed by atoms with E-state index in [2.05, 4.69) is 15.4 Å². The van der Waals surface area contributed by atoms with Gasteiger partial charge < -0.3 is 15.7 Å². The van der Waals surface area contributed by atoms with E-state index in [9.17, 15) is 28.1 Å². The van der Waals surface area contributed by atoms with Crippen LogP contribution in [0.1, 0.15) is 5.56 Å². The number of nitro benzene ring substituents is 1. The summed E-state index contributed by atoms with van der Waals surface area (Å²) in [6, 6.07) is 0.573. The minimum Gasteiger partial charge on any atom is -0.479 e. The van der Waals surface area contributed by atoms with Gasteiger partial charge in [-0.2, -0.15) is 0 Å². The number of nitrogens with one attached hydrogen (secondary N) is 3. The zero-order chi connectivity index (χ0) is 17.4. The summed E-state index contributed by atoms with van der Waals surface area (Å²) in [6.45, 7) is -0.307. The molecule has 1 unspecified atom stereocenters. The maximum absolute atomic E-state index is 11.7. The minimum atomic E-state index is -3.57. The predicted octanol–water partition coefficient (Wildman–Crippen LogP) is -0.539. The topological polar surface area (TPSA) is 168 Å². The van der Waals surface area contributed by atoms with E-state index in [-0.39, 0.29) is 29.2 Å². The van der Waals surface area contributed by atoms with E-state index in [1.807, 2.05) is 0 Å². The number of carboxylic acids is 1. The molecule has 1 aliphatic rings. The summed E-state index contributed by atoms with van der Waals surface area (Å²) in [5.41, 5.74) is -0.124. The molecule has 1 atom stereocenters. The van der Waals surface area contributed by atoms with E-state index in [1.54, 1.807) is 0 Å². The van der Waals surface area contributed by atoms with E-state index >= 15 is 0 Å². The van der Waals surface area contributed by atoms with Crippen LogP contribution in [0.3, 0.4) is 0 Å². The molecule has 1 amide bonds. The number of benzene rings is 1. The summed E-state index contributed by atoms with van der Waals surface area (Å²) >= 11 is 0. The molecule has 0 fully saturated rings. The Morgan fingerprint density at radius 3 is 2.65 bits per heavy atom. The first-order chi connectivity index (χ1) is 10.6. The summed E-state index contributed by atoms with van der Waals surface area (Å²) in [5.74, 6) is -2.32. The molecule has 0 saturated carbocycles. The van der Waals surface area contributed by atoms with Gasteiger partial charge in [0.05, 0.1) is 22.6 Å². The van der Waals surface area contributed by atoms with Crippen molar-refractivity contribution in [2.45, 2.75) is 12.6 Å². The number of aliphatic carboxylic acids is 1. The number of carboxylic acid groups (broad SMARTS) is 1. The Balaban J connectivity index is 2.50. The van der Waals surface area contributed by atoms with Crippen molar-refractivity contribution in [3.63, 3.8) is 0 Å². The van der Waals surface area contributed by atoms with Crippen LogP contribution in [0.25, 0.3) is 0 Å². The molecule has 12 heteroatoms. The first kappa shape index (κ1) is 16.6. The minimum absolute atomic E-state index is 0.00648. The van der Waals surface area contributed by atoms with Gasteiger partial charge in [-0.05, 0) is 5.56 Å². The van der Waals surface area contributed by atoms with E-state index in [0.717, 1.165) is 18.4 Å². The van der Waals surface area contributed by atoms with Gasteiger partial charge in [-0.1, -0.05) is 0 Å². The van der Waals surface area contributed by atoms with Crippen LogP contribution >= 0.6 is 0 Å². The van der Waals surface area contributed by atoms with Gasteiger partial charge in [0.1, 0.15) is 0 Å². The lowest BCUT2D eigenvalue weighted by Gasteiger charge is -2.26. The lowest BCUT2D eigenvalue weighted by atomic mass is 10.1. The van der Waals surface area contributed by atoms with E-state index in [1.165, 1.54) is 0 Å². The SMILES string of the molecule is CS(=O)(=O)NCc1cc([N+](=O)[O-])cc2c1NC(C(=O)O)C(=O)N2. The molecule has 124 valence electrons. The lowest BCUT2D eigenvalue weighted by molar-refractivity contribution is -0.384. The Bertz CT molecular complexity index is 805. The number of carbonyl (C=O) groups excluding carboxylic acids is 1. The quantitative estimate of drug-likeness (QED) is 0.314. The second-order valence-electron chi connectivity index (χ2n) is 4.78. The predicted molar refractivity (Wildman–Crippen MR) is 78.5 cm³/mol. The van der Waals surface area contributed by atoms with Crippen LogP contribution in [0.15, 0.2) is 12.1 Å². The number of carbonyl (C=O) groups is 2. The third-order valence-corrected chi connectivity index (χ3v) is 3.66. The Labute approximate surface area is 129 Å². The maximum atomic E-state index is 11.7. The molecule has 1 aromatic carbocycles. The highest BCUT2D eigenvalue weighted by Gasteiger charge is 2.33. The molecule has 1 aliphatic heterocycles. The number of amides is 1. The second-order valence-corrected chi connectivity index (χ2v) is 6.62. The number of hydrogen-bond donors (Lipinski definition) is 4. The van der Waals surface area contributed by atoms with Crippen molar-refractivity contribution in [2.75, 3.05) is 16.9 Å². The Morgan fingerprint density at radius 2 is 2.13 bits per heavy atom. The van der Waals surface area contributed by atoms with Crippen molar-refractivity contribution in [2.24, 2.45) is 0 Å². The smallest absolute Gasteiger partial charge is 0.336 e. The van der Waals surface area contributed by atoms with Crippen molar-refractivity contribution >= 4 is 39.0 Å². The third kappa shape index (κ3) is 3.73. The van der Waals surface area contributed by atoms with Crippen molar-refractivity contribution < 1.29 is 28.0 Å². The van der Waals surface area contributed by atoms with Crippen molar-refractivity contribution in [3.8, 4) is 0 Å². The first-order valence-corrected chi connectivity index (χ1v) is 8.04. The van der Waals surface area contributed by atoms with Crippen molar-refractivity contribution in [3.05, 3.63) is 27.8 Å². The molecule has 0 saturated heterocycles. The van der Waals surface area contributed by atoms with E-state index in [4.69, 9.17) is 5.11 Å². The molecule has 1 aromatic rings. The molecule has 23 heavy (non-hydrogen) atoms. The van der Waals surface area contributed by atoms with Crippen LogP contribution in [0.4, 0.5) is 17.1 Å². The van der Waals surface area contributed by atoms with Crippen LogP contribution in [0.2, 0.25) is 0 Å². The molecular weight excluding hydrogens is 332 g/mol. The molecule has 1 heterocycles. The number of hydrogen-bond acceptors (Lipinski definition) is 7. The van der Waals surface area contributed by atoms with Gasteiger partial charge in [0.25, 0.3) is 11.6 Å². The molecule has 0 aliphatic carbocycles. The molecular formula is C11H12N4O7S. The second kappa shape index (κ2) is 5.81. The van der Waals surface area contributed by atoms with Gasteiger partial charge in [0.2, 0.25) is 16.1 Å². The van der Waals surface area contributed by atoms with Gasteiger partial charge >= 0.3 is 5.97 Å². The highest BCUT2D eigenvalue weighted by atomic mass is 32.2. The molecule has 0 aromatic heterocycles. The largest absolute Gasteiger partial charge is 0.479 e. The van der Waals surface area contributed by atoms with Crippen LogP contribution < -0.4 is 15.4 Å². The van der Waals surface area contributed by atoms with Gasteiger partial charge in [-0.15, -0.1) is 0 Å². The highest BCUT2D eigenvalue weighted by molar-refractivity contribution is 7.88. The number of non-ortho nitro benzene ring substituents is 1. The zero-order valence-corrected chi connectivity index (χ0v) is 12.5. The van der Waals surface area contributed by atoms with Crippen LogP contribution in [-0.2, 0) is 26.2 Å². The third-order valence-electron chi connectivity index (χ3n) is 3.00. The standard InChI is InChI=1S/C11H12N4O7S/c1-23(21,22)12-4-5-2-6(15(19)20)3-7-8(5)14-9(11(17)18)10(16)13-7/h2-3,9,12,14H,4H2,1H3,(H,13,16)(H,17,18). The highest BCUT2D eigenvalue weighted by Crippen LogP contribution is 2.35. The molecule has 2 rings (SSSR count). The number of nitro groups is 1. The van der Waals surface area contributed by atoms with E-state index < -0.39 is 32.9 Å². The summed E-state index contributed by atoms with van der Waals surface area (Å²) < 4.78 is 24.5. The van der Waals surface area contributed by atoms with Gasteiger partial charge in [0.15, 0.2) is 0 Å². The Hall–Kier alpha value is -2.73. The fraction of sp³-hybridized carbons (Fsp3) is 0.273. The number of sulfonamides is 1. The first-order valence-electron chi connectivity index (χ1n) is 6.14. The molecule has 11 nitrogen and oxygen atoms in total. The normalized spacial score (nSPS) is 16.9. The fourth-order valence-electron chi connectivity index (χ4n) is 2.00. The average Bonchev–Trinajstić information content (AvgIpc) is 2.42. The average molecular weight is 344 g/mol. The van der Waals surface area contributed by atoms with Crippen molar-refractivity contribution in [1.82, 2.24) is 4.72 Å². The van der Waals surface area contributed by atoms with Crippen LogP contribution in [-0.4, -0.2) is 42.6 Å². The number of rotatable bonds is 5. The van der Waals surface area contributed by atoms with E-state index in [0.29, 0.717) is 0 Å². The molecule has 0 bridgehead atoms. The molecule has 4 N–H and O–H groups in total. The van der Waals surface area contributed by atoms with Gasteiger partial charge in [-0.3, -0.25) is 14.9 Å². The number of nitrogens with zero attached hydrogens (tertiary/aromatic N) is 1. The van der Waals surface area contributed by atoms with Crippen LogP contribution in [0, 0.1) is 10.1 Å². The zero-order valence-electron chi connectivity index (χ0n) is 11.7. The number of fused-ring (bicyclic) bond motifs is 1. The van der Waals surface area contributed by atoms with Gasteiger partial charge in [-0.25, -0.2) is 17.9 Å². The lowest BCUT2D eigenvalue weighted by Crippen LogP contribution is -2.45. The Morgan fingerprint density at radius 1 is 1.48 bits per heavy atom. The Kier molecular flexibility index (Phi) is 4.20. The number of anilines is 2. The summed E-state index contributed by atoms with van der Waals surface area (Å²) in [6.07, 6.45) is 0.909. The summed E-state index contributed by atoms with van der Waals surface area (Å²) in [4.78, 5) is 32.9. The summed E-state index contributed by atoms with van der Waals surface area (Å²) in [5, 5.41) is 24.6. The van der Waals surface area contributed by atoms with Gasteiger partial charge in [0, 0.05) is 18.7 Å². The van der Waals surface area contributed by atoms with Crippen LogP contribution in [0.5, 0.6) is 0 Å². The fourth-order valence-corrected chi connectivity index (χ4v) is 2.41. The maximum Gasteiger partial charge on any atom is 0.336 e. The monoisotopic (exact) mass is 344 g/mol. The molecule has 0 radical (unpaired) electrons. The van der Waals surface area contributed by atoms with Crippen molar-refractivity contribution in [1.29, 1.82) is 0 Å².